The third-order valence-corrected chi connectivity index (χ3v) is 8.56. The Kier molecular flexibility index (Phi) is 4.04. The van der Waals surface area contributed by atoms with Gasteiger partial charge in [-0.1, -0.05) is 23.2 Å². The van der Waals surface area contributed by atoms with Gasteiger partial charge in [-0.3, -0.25) is 0 Å². The van der Waals surface area contributed by atoms with Crippen LogP contribution in [0.2, 0.25) is 10.0 Å². The van der Waals surface area contributed by atoms with Crippen molar-refractivity contribution in [1.82, 2.24) is 9.78 Å². The van der Waals surface area contributed by atoms with Crippen LogP contribution in [0, 0.1) is 17.8 Å². The van der Waals surface area contributed by atoms with Crippen molar-refractivity contribution in [3.63, 3.8) is 0 Å². The standard InChI is InChI=1S/C23H27Cl2N3/c24-19-5-4-17(10-20(19)25)28-22-18(3-1-2-6-26-22)21(27-28)23-11-14-7-15(12-23)9-16(8-14)13-23/h4-5,10,14-16,26H,1-3,6-9,11-13H2. The minimum Gasteiger partial charge on any atom is -0.370 e. The molecule has 148 valence electrons. The predicted octanol–water partition coefficient (Wildman–Crippen LogP) is 6.40. The molecule has 28 heavy (non-hydrogen) atoms. The fourth-order valence-corrected chi connectivity index (χ4v) is 7.43. The second-order valence-corrected chi connectivity index (χ2v) is 10.6. The zero-order valence-electron chi connectivity index (χ0n) is 16.2. The Morgan fingerprint density at radius 1 is 0.964 bits per heavy atom. The monoisotopic (exact) mass is 415 g/mol. The number of nitrogens with one attached hydrogen (secondary N) is 1. The first-order valence-corrected chi connectivity index (χ1v) is 11.7. The molecule has 0 amide bonds. The van der Waals surface area contributed by atoms with Crippen molar-refractivity contribution in [2.75, 3.05) is 11.9 Å². The van der Waals surface area contributed by atoms with Crippen molar-refractivity contribution in [2.45, 2.75) is 63.2 Å². The highest BCUT2D eigenvalue weighted by Crippen LogP contribution is 2.61. The molecule has 4 saturated carbocycles. The summed E-state index contributed by atoms with van der Waals surface area (Å²) in [4.78, 5) is 0. The Morgan fingerprint density at radius 3 is 2.36 bits per heavy atom. The Morgan fingerprint density at radius 2 is 1.68 bits per heavy atom. The Balaban J connectivity index is 1.51. The summed E-state index contributed by atoms with van der Waals surface area (Å²) in [5, 5.41) is 10.2. The second-order valence-electron chi connectivity index (χ2n) is 9.77. The van der Waals surface area contributed by atoms with Crippen LogP contribution in [0.4, 0.5) is 5.82 Å². The molecule has 5 heteroatoms. The fraction of sp³-hybridized carbons (Fsp3) is 0.609. The lowest BCUT2D eigenvalue weighted by Crippen LogP contribution is -2.49. The lowest BCUT2D eigenvalue weighted by Gasteiger charge is -2.56. The fourth-order valence-electron chi connectivity index (χ4n) is 7.13. The number of nitrogens with zero attached hydrogens (tertiary/aromatic N) is 2. The SMILES string of the molecule is Clc1ccc(-n2nc(C34CC5CC(CC(C5)C3)C4)c3c2NCCCC3)cc1Cl. The van der Waals surface area contributed by atoms with Gasteiger partial charge in [-0.05, 0) is 93.7 Å². The number of hydrogen-bond donors (Lipinski definition) is 1. The summed E-state index contributed by atoms with van der Waals surface area (Å²) in [6, 6.07) is 5.87. The van der Waals surface area contributed by atoms with E-state index in [9.17, 15) is 0 Å². The maximum atomic E-state index is 6.35. The van der Waals surface area contributed by atoms with E-state index in [-0.39, 0.29) is 0 Å². The normalized spacial score (nSPS) is 33.4. The summed E-state index contributed by atoms with van der Waals surface area (Å²) in [7, 11) is 0. The first kappa shape index (κ1) is 17.7. The second kappa shape index (κ2) is 6.40. The molecule has 2 aromatic rings. The highest BCUT2D eigenvalue weighted by molar-refractivity contribution is 6.42. The van der Waals surface area contributed by atoms with Gasteiger partial charge in [0.1, 0.15) is 5.82 Å². The van der Waals surface area contributed by atoms with E-state index in [2.05, 4.69) is 10.00 Å². The molecule has 0 unspecified atom stereocenters. The van der Waals surface area contributed by atoms with E-state index >= 15 is 0 Å². The van der Waals surface area contributed by atoms with E-state index in [1.54, 1.807) is 0 Å². The van der Waals surface area contributed by atoms with Gasteiger partial charge in [-0.25, -0.2) is 4.68 Å². The molecule has 2 heterocycles. The van der Waals surface area contributed by atoms with Crippen molar-refractivity contribution in [1.29, 1.82) is 0 Å². The summed E-state index contributed by atoms with van der Waals surface area (Å²) in [6.07, 6.45) is 12.1. The topological polar surface area (TPSA) is 29.9 Å². The molecule has 7 rings (SSSR count). The van der Waals surface area contributed by atoms with Crippen molar-refractivity contribution in [3.8, 4) is 5.69 Å². The number of fused-ring (bicyclic) bond motifs is 1. The smallest absolute Gasteiger partial charge is 0.133 e. The van der Waals surface area contributed by atoms with Gasteiger partial charge >= 0.3 is 0 Å². The maximum Gasteiger partial charge on any atom is 0.133 e. The lowest BCUT2D eigenvalue weighted by atomic mass is 9.48. The van der Waals surface area contributed by atoms with E-state index in [1.807, 2.05) is 18.2 Å². The van der Waals surface area contributed by atoms with Crippen molar-refractivity contribution in [2.24, 2.45) is 17.8 Å². The molecule has 0 saturated heterocycles. The molecule has 0 atom stereocenters. The lowest BCUT2D eigenvalue weighted by molar-refractivity contribution is -0.00773. The third-order valence-electron chi connectivity index (χ3n) is 7.82. The molecule has 4 fully saturated rings. The molecule has 0 radical (unpaired) electrons. The van der Waals surface area contributed by atoms with Gasteiger partial charge in [0.05, 0.1) is 21.4 Å². The zero-order chi connectivity index (χ0) is 18.9. The number of halogens is 2. The van der Waals surface area contributed by atoms with Crippen LogP contribution in [0.3, 0.4) is 0 Å². The number of hydrogen-bond acceptors (Lipinski definition) is 2. The van der Waals surface area contributed by atoms with Crippen molar-refractivity contribution < 1.29 is 0 Å². The molecule has 3 nitrogen and oxygen atoms in total. The van der Waals surface area contributed by atoms with E-state index in [1.165, 1.54) is 68.4 Å². The van der Waals surface area contributed by atoms with Crippen molar-refractivity contribution in [3.05, 3.63) is 39.5 Å². The van der Waals surface area contributed by atoms with Crippen LogP contribution in [-0.2, 0) is 11.8 Å². The zero-order valence-corrected chi connectivity index (χ0v) is 17.7. The molecule has 4 aliphatic carbocycles. The molecule has 1 N–H and O–H groups in total. The minimum absolute atomic E-state index is 0.312. The first-order chi connectivity index (χ1) is 13.6. The van der Waals surface area contributed by atoms with E-state index < -0.39 is 0 Å². The van der Waals surface area contributed by atoms with Crippen LogP contribution in [0.5, 0.6) is 0 Å². The van der Waals surface area contributed by atoms with E-state index in [4.69, 9.17) is 28.3 Å². The van der Waals surface area contributed by atoms with Gasteiger partial charge in [-0.15, -0.1) is 0 Å². The Bertz CT molecular complexity index is 897. The van der Waals surface area contributed by atoms with Gasteiger partial charge in [-0.2, -0.15) is 5.10 Å². The van der Waals surface area contributed by atoms with Gasteiger partial charge in [0, 0.05) is 17.5 Å². The van der Waals surface area contributed by atoms with Gasteiger partial charge < -0.3 is 5.32 Å². The van der Waals surface area contributed by atoms with Gasteiger partial charge in [0.2, 0.25) is 0 Å². The number of anilines is 1. The molecule has 5 aliphatic rings. The summed E-state index contributed by atoms with van der Waals surface area (Å²) in [5.41, 5.74) is 4.20. The van der Waals surface area contributed by atoms with E-state index in [0.717, 1.165) is 36.4 Å². The number of benzene rings is 1. The van der Waals surface area contributed by atoms with Gasteiger partial charge in [0.15, 0.2) is 0 Å². The molecular weight excluding hydrogens is 389 g/mol. The van der Waals surface area contributed by atoms with E-state index in [0.29, 0.717) is 15.5 Å². The van der Waals surface area contributed by atoms with Crippen LogP contribution >= 0.6 is 23.2 Å². The van der Waals surface area contributed by atoms with Crippen molar-refractivity contribution >= 4 is 29.0 Å². The molecular formula is C23H27Cl2N3. The Hall–Kier alpha value is -1.19. The maximum absolute atomic E-state index is 6.35. The van der Waals surface area contributed by atoms with Crippen LogP contribution < -0.4 is 5.32 Å². The first-order valence-electron chi connectivity index (χ1n) is 10.9. The largest absolute Gasteiger partial charge is 0.370 e. The highest BCUT2D eigenvalue weighted by Gasteiger charge is 2.53. The quantitative estimate of drug-likeness (QED) is 0.614. The van der Waals surface area contributed by atoms with Crippen LogP contribution in [0.15, 0.2) is 18.2 Å². The van der Waals surface area contributed by atoms with Crippen LogP contribution in [0.1, 0.15) is 62.6 Å². The molecule has 1 aromatic heterocycles. The summed E-state index contributed by atoms with van der Waals surface area (Å²) >= 11 is 12.5. The average molecular weight is 416 g/mol. The highest BCUT2D eigenvalue weighted by atomic mass is 35.5. The third kappa shape index (κ3) is 2.65. The van der Waals surface area contributed by atoms with Crippen LogP contribution in [-0.4, -0.2) is 16.3 Å². The van der Waals surface area contributed by atoms with Crippen LogP contribution in [0.25, 0.3) is 5.69 Å². The molecule has 4 bridgehead atoms. The average Bonchev–Trinajstić information content (AvgIpc) is 2.86. The predicted molar refractivity (Wildman–Crippen MR) is 115 cm³/mol. The number of aromatic nitrogens is 2. The summed E-state index contributed by atoms with van der Waals surface area (Å²) < 4.78 is 2.12. The number of rotatable bonds is 2. The van der Waals surface area contributed by atoms with Gasteiger partial charge in [0.25, 0.3) is 0 Å². The molecule has 1 aromatic carbocycles. The molecule has 1 aliphatic heterocycles. The Labute approximate surface area is 176 Å². The summed E-state index contributed by atoms with van der Waals surface area (Å²) in [5.74, 6) is 3.98. The molecule has 0 spiro atoms. The summed E-state index contributed by atoms with van der Waals surface area (Å²) in [6.45, 7) is 1.01. The minimum atomic E-state index is 0.312.